The Balaban J connectivity index is 2.26. The molecule has 1 amide bonds. The highest BCUT2D eigenvalue weighted by atomic mass is 35.5. The van der Waals surface area contributed by atoms with Crippen LogP contribution >= 0.6 is 35.4 Å². The molecule has 0 radical (unpaired) electrons. The number of rotatable bonds is 3. The van der Waals surface area contributed by atoms with Gasteiger partial charge in [0.1, 0.15) is 5.56 Å². The van der Waals surface area contributed by atoms with Crippen LogP contribution in [-0.4, -0.2) is 18.1 Å². The third-order valence-corrected chi connectivity index (χ3v) is 3.64. The third-order valence-electron chi connectivity index (χ3n) is 3.00. The third kappa shape index (κ3) is 4.17. The number of hydrogen-bond acceptors (Lipinski definition) is 3. The summed E-state index contributed by atoms with van der Waals surface area (Å²) in [6.45, 7) is 0. The molecule has 0 spiro atoms. The second-order valence-electron chi connectivity index (χ2n) is 4.73. The van der Waals surface area contributed by atoms with Crippen molar-refractivity contribution in [3.63, 3.8) is 0 Å². The number of thiocarbonyl (C=S) groups is 1. The number of benzene rings is 2. The van der Waals surface area contributed by atoms with Gasteiger partial charge in [-0.25, -0.2) is 8.78 Å². The predicted molar refractivity (Wildman–Crippen MR) is 93.0 cm³/mol. The molecule has 2 rings (SSSR count). The summed E-state index contributed by atoms with van der Waals surface area (Å²) in [5.74, 6) is -10.3. The Bertz CT molecular complexity index is 862. The molecule has 0 heterocycles. The van der Waals surface area contributed by atoms with E-state index >= 15 is 0 Å². The van der Waals surface area contributed by atoms with Gasteiger partial charge in [-0.15, -0.1) is 0 Å². The molecule has 138 valence electrons. The van der Waals surface area contributed by atoms with Gasteiger partial charge in [0.2, 0.25) is 11.6 Å². The molecular formula is C15H8Cl2F4N2O2S. The van der Waals surface area contributed by atoms with Crippen LogP contribution < -0.4 is 15.4 Å². The number of anilines is 1. The zero-order chi connectivity index (χ0) is 19.6. The molecule has 26 heavy (non-hydrogen) atoms. The second-order valence-corrected chi connectivity index (χ2v) is 6.01. The van der Waals surface area contributed by atoms with Crippen molar-refractivity contribution in [3.8, 4) is 5.75 Å². The van der Waals surface area contributed by atoms with Crippen LogP contribution in [0.3, 0.4) is 0 Å². The van der Waals surface area contributed by atoms with Gasteiger partial charge in [0, 0.05) is 15.7 Å². The number of carbonyl (C=O) groups excluding carboxylic acids is 1. The zero-order valence-corrected chi connectivity index (χ0v) is 15.1. The summed E-state index contributed by atoms with van der Waals surface area (Å²) in [6, 6.07) is 4.24. The van der Waals surface area contributed by atoms with E-state index in [1.807, 2.05) is 5.32 Å². The van der Waals surface area contributed by atoms with Crippen molar-refractivity contribution in [1.29, 1.82) is 0 Å². The van der Waals surface area contributed by atoms with Crippen molar-refractivity contribution in [2.24, 2.45) is 0 Å². The molecule has 0 bridgehead atoms. The highest BCUT2D eigenvalue weighted by Crippen LogP contribution is 2.29. The van der Waals surface area contributed by atoms with E-state index < -0.39 is 45.6 Å². The van der Waals surface area contributed by atoms with Gasteiger partial charge in [0.15, 0.2) is 22.5 Å². The maximum atomic E-state index is 13.9. The van der Waals surface area contributed by atoms with E-state index in [1.165, 1.54) is 18.2 Å². The van der Waals surface area contributed by atoms with Gasteiger partial charge in [-0.2, -0.15) is 8.78 Å². The average Bonchev–Trinajstić information content (AvgIpc) is 2.52. The van der Waals surface area contributed by atoms with Gasteiger partial charge in [-0.1, -0.05) is 23.2 Å². The zero-order valence-electron chi connectivity index (χ0n) is 12.7. The first-order valence-electron chi connectivity index (χ1n) is 6.64. The number of hydrogen-bond donors (Lipinski definition) is 2. The molecule has 0 aromatic heterocycles. The molecule has 4 nitrogen and oxygen atoms in total. The van der Waals surface area contributed by atoms with E-state index in [0.717, 1.165) is 7.11 Å². The first-order chi connectivity index (χ1) is 12.1. The Morgan fingerprint density at radius 2 is 1.50 bits per heavy atom. The molecule has 0 atom stereocenters. The van der Waals surface area contributed by atoms with Crippen molar-refractivity contribution < 1.29 is 27.1 Å². The van der Waals surface area contributed by atoms with Crippen LogP contribution in [0.4, 0.5) is 23.2 Å². The quantitative estimate of drug-likeness (QED) is 0.424. The fraction of sp³-hybridized carbons (Fsp3) is 0.0667. The van der Waals surface area contributed by atoms with E-state index in [0.29, 0.717) is 0 Å². The lowest BCUT2D eigenvalue weighted by Crippen LogP contribution is -2.35. The molecule has 11 heteroatoms. The number of nitrogens with one attached hydrogen (secondary N) is 2. The largest absolute Gasteiger partial charge is 0.491 e. The topological polar surface area (TPSA) is 50.4 Å². The molecule has 0 aliphatic carbocycles. The fourth-order valence-electron chi connectivity index (χ4n) is 1.94. The molecular weight excluding hydrogens is 419 g/mol. The van der Waals surface area contributed by atoms with Gasteiger partial charge >= 0.3 is 0 Å². The van der Waals surface area contributed by atoms with Crippen LogP contribution in [0.5, 0.6) is 5.75 Å². The van der Waals surface area contributed by atoms with E-state index in [9.17, 15) is 22.4 Å². The summed E-state index contributed by atoms with van der Waals surface area (Å²) in [5, 5.41) is 4.48. The molecule has 2 N–H and O–H groups in total. The maximum absolute atomic E-state index is 13.9. The maximum Gasteiger partial charge on any atom is 0.263 e. The molecule has 2 aromatic carbocycles. The van der Waals surface area contributed by atoms with Gasteiger partial charge in [-0.3, -0.25) is 10.1 Å². The number of amides is 1. The highest BCUT2D eigenvalue weighted by molar-refractivity contribution is 7.80. The Hall–Kier alpha value is -2.10. The normalized spacial score (nSPS) is 10.4. The van der Waals surface area contributed by atoms with Crippen molar-refractivity contribution >= 4 is 52.1 Å². The Morgan fingerprint density at radius 3 is 1.96 bits per heavy atom. The average molecular weight is 427 g/mol. The van der Waals surface area contributed by atoms with Crippen molar-refractivity contribution in [3.05, 3.63) is 57.1 Å². The SMILES string of the molecule is COc1c(F)c(F)c(C(=O)NC(=S)Nc2cc(Cl)cc(Cl)c2)c(F)c1F. The number of ether oxygens (including phenoxy) is 1. The van der Waals surface area contributed by atoms with E-state index in [2.05, 4.69) is 10.1 Å². The van der Waals surface area contributed by atoms with Crippen LogP contribution in [0.1, 0.15) is 10.4 Å². The monoisotopic (exact) mass is 426 g/mol. The molecule has 0 aliphatic rings. The first-order valence-corrected chi connectivity index (χ1v) is 7.80. The lowest BCUT2D eigenvalue weighted by atomic mass is 10.1. The standard InChI is InChI=1S/C15H8Cl2F4N2O2S/c1-25-13-11(20)9(18)8(10(19)12(13)21)14(24)23-15(26)22-7-3-5(16)2-6(17)4-7/h2-4H,1H3,(H2,22,23,24,26). The Labute approximate surface area is 160 Å². The summed E-state index contributed by atoms with van der Waals surface area (Å²) in [6.07, 6.45) is 0. The minimum atomic E-state index is -1.92. The van der Waals surface area contributed by atoms with Gasteiger partial charge < -0.3 is 10.1 Å². The van der Waals surface area contributed by atoms with Gasteiger partial charge in [-0.05, 0) is 30.4 Å². The lowest BCUT2D eigenvalue weighted by molar-refractivity contribution is 0.0966. The fourth-order valence-corrected chi connectivity index (χ4v) is 2.68. The van der Waals surface area contributed by atoms with Gasteiger partial charge in [0.25, 0.3) is 5.91 Å². The smallest absolute Gasteiger partial charge is 0.263 e. The van der Waals surface area contributed by atoms with Gasteiger partial charge in [0.05, 0.1) is 7.11 Å². The Kier molecular flexibility index (Phi) is 6.27. The van der Waals surface area contributed by atoms with E-state index in [4.69, 9.17) is 35.4 Å². The molecule has 2 aromatic rings. The summed E-state index contributed by atoms with van der Waals surface area (Å²) >= 11 is 16.4. The molecule has 0 saturated heterocycles. The number of halogens is 6. The van der Waals surface area contributed by atoms with Crippen molar-refractivity contribution in [1.82, 2.24) is 5.32 Å². The first kappa shape index (κ1) is 20.2. The molecule has 0 saturated carbocycles. The van der Waals surface area contributed by atoms with Crippen LogP contribution in [0.25, 0.3) is 0 Å². The molecule has 0 fully saturated rings. The van der Waals surface area contributed by atoms with Crippen LogP contribution in [-0.2, 0) is 0 Å². The van der Waals surface area contributed by atoms with E-state index in [1.54, 1.807) is 0 Å². The van der Waals surface area contributed by atoms with E-state index in [-0.39, 0.29) is 15.7 Å². The van der Waals surface area contributed by atoms with Crippen LogP contribution in [0.15, 0.2) is 18.2 Å². The number of methoxy groups -OCH3 is 1. The van der Waals surface area contributed by atoms with Crippen LogP contribution in [0.2, 0.25) is 10.0 Å². The molecule has 0 unspecified atom stereocenters. The molecule has 0 aliphatic heterocycles. The summed E-state index contributed by atoms with van der Waals surface area (Å²) in [5.41, 5.74) is -1.23. The number of carbonyl (C=O) groups is 1. The van der Waals surface area contributed by atoms with Crippen LogP contribution in [0, 0.1) is 23.3 Å². The van der Waals surface area contributed by atoms with Crippen molar-refractivity contribution in [2.75, 3.05) is 12.4 Å². The summed E-state index contributed by atoms with van der Waals surface area (Å²) < 4.78 is 59.4. The summed E-state index contributed by atoms with van der Waals surface area (Å²) in [7, 11) is 0.815. The highest BCUT2D eigenvalue weighted by Gasteiger charge is 2.30. The summed E-state index contributed by atoms with van der Waals surface area (Å²) in [4.78, 5) is 12.0. The Morgan fingerprint density at radius 1 is 1.00 bits per heavy atom. The minimum absolute atomic E-state index is 0.255. The van der Waals surface area contributed by atoms with Crippen molar-refractivity contribution in [2.45, 2.75) is 0 Å². The predicted octanol–water partition coefficient (Wildman–Crippen LogP) is 4.69. The lowest BCUT2D eigenvalue weighted by Gasteiger charge is -2.13. The second kappa shape index (κ2) is 8.07. The minimum Gasteiger partial charge on any atom is -0.491 e.